The van der Waals surface area contributed by atoms with Gasteiger partial charge in [0, 0.05) is 36.2 Å². The lowest BCUT2D eigenvalue weighted by atomic mass is 9.98. The van der Waals surface area contributed by atoms with E-state index in [1.54, 1.807) is 20.3 Å². The fourth-order valence-corrected chi connectivity index (χ4v) is 4.27. The Bertz CT molecular complexity index is 1130. The molecule has 0 bridgehead atoms. The van der Waals surface area contributed by atoms with Crippen LogP contribution >= 0.6 is 12.2 Å². The number of nitrogens with one attached hydrogen (secondary N) is 1. The van der Waals surface area contributed by atoms with E-state index in [2.05, 4.69) is 9.88 Å². The Balaban J connectivity index is 1.71. The van der Waals surface area contributed by atoms with Crippen LogP contribution in [0.5, 0.6) is 11.5 Å². The largest absolute Gasteiger partial charge is 0.497 e. The second kappa shape index (κ2) is 8.74. The molecule has 1 N–H and O–H groups in total. The van der Waals surface area contributed by atoms with E-state index < -0.39 is 11.7 Å². The monoisotopic (exact) mass is 461 g/mol. The van der Waals surface area contributed by atoms with Gasteiger partial charge in [-0.2, -0.15) is 13.2 Å². The second-order valence-electron chi connectivity index (χ2n) is 7.34. The van der Waals surface area contributed by atoms with Crippen molar-refractivity contribution in [3.8, 4) is 11.5 Å². The summed E-state index contributed by atoms with van der Waals surface area (Å²) in [6.07, 6.45) is -2.43. The first kappa shape index (κ1) is 22.0. The molecule has 0 saturated heterocycles. The van der Waals surface area contributed by atoms with E-state index in [1.165, 1.54) is 6.07 Å². The van der Waals surface area contributed by atoms with Crippen LogP contribution in [-0.4, -0.2) is 35.3 Å². The Labute approximate surface area is 189 Å². The summed E-state index contributed by atoms with van der Waals surface area (Å²) < 4.78 is 52.5. The number of nitrogens with zero attached hydrogens (tertiary/aromatic N) is 2. The molecule has 4 rings (SSSR count). The molecule has 5 nitrogen and oxygen atoms in total. The second-order valence-corrected chi connectivity index (χ2v) is 7.73. The van der Waals surface area contributed by atoms with Crippen LogP contribution in [0.2, 0.25) is 0 Å². The Morgan fingerprint density at radius 2 is 1.84 bits per heavy atom. The summed E-state index contributed by atoms with van der Waals surface area (Å²) in [6, 6.07) is 14.2. The molecular formula is C23H22F3N3O2S. The number of aromatic nitrogens is 1. The van der Waals surface area contributed by atoms with Crippen LogP contribution in [0, 0.1) is 0 Å². The number of methoxy groups -OCH3 is 2. The lowest BCUT2D eigenvalue weighted by Crippen LogP contribution is -2.44. The number of alkyl halides is 3. The van der Waals surface area contributed by atoms with Gasteiger partial charge in [-0.05, 0) is 60.7 Å². The van der Waals surface area contributed by atoms with Gasteiger partial charge < -0.3 is 24.3 Å². The molecule has 1 atom stereocenters. The van der Waals surface area contributed by atoms with Crippen LogP contribution in [0.15, 0.2) is 60.8 Å². The van der Waals surface area contributed by atoms with Crippen LogP contribution in [0.3, 0.4) is 0 Å². The quantitative estimate of drug-likeness (QED) is 0.532. The molecule has 3 aromatic rings. The van der Waals surface area contributed by atoms with Crippen molar-refractivity contribution in [3.63, 3.8) is 0 Å². The summed E-state index contributed by atoms with van der Waals surface area (Å²) in [5, 5.41) is 3.31. The van der Waals surface area contributed by atoms with E-state index in [9.17, 15) is 13.2 Å². The standard InChI is InChI=1S/C23H22F3N3O2S/c1-30-17-8-9-20(31-2)18(14-17)21-19-7-4-10-28(19)11-12-29(21)22(32)27-16-6-3-5-15(13-16)23(24,25)26/h3-10,13-14,21H,11-12H2,1-2H3,(H,27,32). The maximum Gasteiger partial charge on any atom is 0.416 e. The zero-order chi connectivity index (χ0) is 22.9. The number of hydrogen-bond donors (Lipinski definition) is 1. The van der Waals surface area contributed by atoms with Gasteiger partial charge in [0.05, 0.1) is 19.8 Å². The Kier molecular flexibility index (Phi) is 6.01. The maximum absolute atomic E-state index is 13.1. The first-order chi connectivity index (χ1) is 15.3. The van der Waals surface area contributed by atoms with Gasteiger partial charge in [0.25, 0.3) is 0 Å². The van der Waals surface area contributed by atoms with E-state index in [-0.39, 0.29) is 11.7 Å². The minimum Gasteiger partial charge on any atom is -0.497 e. The van der Waals surface area contributed by atoms with Crippen LogP contribution in [0.1, 0.15) is 22.9 Å². The lowest BCUT2D eigenvalue weighted by molar-refractivity contribution is -0.137. The molecule has 0 fully saturated rings. The number of rotatable bonds is 4. The molecule has 1 aliphatic heterocycles. The highest BCUT2D eigenvalue weighted by molar-refractivity contribution is 7.80. The topological polar surface area (TPSA) is 38.7 Å². The average molecular weight is 462 g/mol. The Hall–Kier alpha value is -3.20. The molecule has 32 heavy (non-hydrogen) atoms. The van der Waals surface area contributed by atoms with E-state index in [0.29, 0.717) is 29.7 Å². The van der Waals surface area contributed by atoms with Crippen LogP contribution in [0.4, 0.5) is 18.9 Å². The predicted octanol–water partition coefficient (Wildman–Crippen LogP) is 5.33. The van der Waals surface area contributed by atoms with Crippen molar-refractivity contribution in [2.24, 2.45) is 0 Å². The molecule has 0 spiro atoms. The summed E-state index contributed by atoms with van der Waals surface area (Å²) in [5.41, 5.74) is 1.39. The molecule has 0 radical (unpaired) electrons. The molecular weight excluding hydrogens is 439 g/mol. The third-order valence-electron chi connectivity index (χ3n) is 5.47. The molecule has 2 aromatic carbocycles. The molecule has 168 valence electrons. The third-order valence-corrected chi connectivity index (χ3v) is 5.81. The van der Waals surface area contributed by atoms with Crippen molar-refractivity contribution in [2.45, 2.75) is 18.8 Å². The molecule has 1 unspecified atom stereocenters. The first-order valence-corrected chi connectivity index (χ1v) is 10.3. The van der Waals surface area contributed by atoms with Gasteiger partial charge in [-0.25, -0.2) is 0 Å². The van der Waals surface area contributed by atoms with Crippen molar-refractivity contribution in [3.05, 3.63) is 77.6 Å². The molecule has 9 heteroatoms. The summed E-state index contributed by atoms with van der Waals surface area (Å²) in [4.78, 5) is 1.96. The van der Waals surface area contributed by atoms with Gasteiger partial charge in [0.15, 0.2) is 5.11 Å². The van der Waals surface area contributed by atoms with Gasteiger partial charge in [-0.3, -0.25) is 0 Å². The van der Waals surface area contributed by atoms with Gasteiger partial charge in [0.2, 0.25) is 0 Å². The highest BCUT2D eigenvalue weighted by Gasteiger charge is 2.34. The zero-order valence-electron chi connectivity index (χ0n) is 17.5. The van der Waals surface area contributed by atoms with Crippen molar-refractivity contribution in [2.75, 3.05) is 26.1 Å². The smallest absolute Gasteiger partial charge is 0.416 e. The predicted molar refractivity (Wildman–Crippen MR) is 120 cm³/mol. The Morgan fingerprint density at radius 1 is 1.03 bits per heavy atom. The highest BCUT2D eigenvalue weighted by Crippen LogP contribution is 2.39. The van der Waals surface area contributed by atoms with Gasteiger partial charge in [-0.15, -0.1) is 0 Å². The molecule has 1 aliphatic rings. The normalized spacial score (nSPS) is 15.8. The van der Waals surface area contributed by atoms with Gasteiger partial charge >= 0.3 is 6.18 Å². The number of halogens is 3. The number of ether oxygens (including phenoxy) is 2. The highest BCUT2D eigenvalue weighted by atomic mass is 32.1. The number of thiocarbonyl (C=S) groups is 1. The van der Waals surface area contributed by atoms with Crippen molar-refractivity contribution in [1.29, 1.82) is 0 Å². The molecule has 0 amide bonds. The van der Waals surface area contributed by atoms with Crippen molar-refractivity contribution in [1.82, 2.24) is 9.47 Å². The fraction of sp³-hybridized carbons (Fsp3) is 0.261. The summed E-state index contributed by atoms with van der Waals surface area (Å²) in [7, 11) is 3.18. The molecule has 0 aliphatic carbocycles. The summed E-state index contributed by atoms with van der Waals surface area (Å²) >= 11 is 5.67. The SMILES string of the molecule is COc1ccc(OC)c(C2c3cccn3CCN2C(=S)Nc2cccc(C(F)(F)F)c2)c1. The number of benzene rings is 2. The van der Waals surface area contributed by atoms with Crippen LogP contribution < -0.4 is 14.8 Å². The first-order valence-electron chi connectivity index (χ1n) is 9.93. The van der Waals surface area contributed by atoms with E-state index in [4.69, 9.17) is 21.7 Å². The average Bonchev–Trinajstić information content (AvgIpc) is 3.26. The van der Waals surface area contributed by atoms with Crippen molar-refractivity contribution >= 4 is 23.0 Å². The Morgan fingerprint density at radius 3 is 2.56 bits per heavy atom. The van der Waals surface area contributed by atoms with Crippen LogP contribution in [0.25, 0.3) is 0 Å². The lowest BCUT2D eigenvalue weighted by Gasteiger charge is -2.39. The number of anilines is 1. The summed E-state index contributed by atoms with van der Waals surface area (Å²) in [5.74, 6) is 1.33. The molecule has 1 aromatic heterocycles. The number of fused-ring (bicyclic) bond motifs is 1. The fourth-order valence-electron chi connectivity index (χ4n) is 3.95. The zero-order valence-corrected chi connectivity index (χ0v) is 18.3. The number of hydrogen-bond acceptors (Lipinski definition) is 3. The van der Waals surface area contributed by atoms with Crippen molar-refractivity contribution < 1.29 is 22.6 Å². The maximum atomic E-state index is 13.1. The van der Waals surface area contributed by atoms with E-state index in [0.717, 1.165) is 23.4 Å². The minimum atomic E-state index is -4.43. The molecule has 0 saturated carbocycles. The summed E-state index contributed by atoms with van der Waals surface area (Å²) in [6.45, 7) is 1.26. The van der Waals surface area contributed by atoms with Gasteiger partial charge in [0.1, 0.15) is 17.5 Å². The van der Waals surface area contributed by atoms with Gasteiger partial charge in [-0.1, -0.05) is 6.07 Å². The van der Waals surface area contributed by atoms with E-state index >= 15 is 0 Å². The third kappa shape index (κ3) is 4.25. The van der Waals surface area contributed by atoms with E-state index in [1.807, 2.05) is 41.4 Å². The minimum absolute atomic E-state index is 0.280. The van der Waals surface area contributed by atoms with Crippen LogP contribution in [-0.2, 0) is 12.7 Å². The molecule has 2 heterocycles.